The highest BCUT2D eigenvalue weighted by Crippen LogP contribution is 2.20. The van der Waals surface area contributed by atoms with Gasteiger partial charge in [-0.05, 0) is 55.2 Å². The van der Waals surface area contributed by atoms with Crippen molar-refractivity contribution >= 4 is 23.5 Å². The van der Waals surface area contributed by atoms with Gasteiger partial charge in [0.05, 0.1) is 11.4 Å². The molecule has 4 nitrogen and oxygen atoms in total. The average molecular weight is 428 g/mol. The van der Waals surface area contributed by atoms with Crippen molar-refractivity contribution in [2.24, 2.45) is 15.9 Å². The number of para-hydroxylation sites is 1. The van der Waals surface area contributed by atoms with E-state index in [4.69, 9.17) is 0 Å². The molecule has 0 N–H and O–H groups in total. The predicted molar refractivity (Wildman–Crippen MR) is 128 cm³/mol. The van der Waals surface area contributed by atoms with E-state index in [1.807, 2.05) is 71.8 Å². The number of rotatable bonds is 5. The second-order valence-electron chi connectivity index (χ2n) is 7.90. The fourth-order valence-electron chi connectivity index (χ4n) is 3.97. The maximum absolute atomic E-state index is 13.6. The van der Waals surface area contributed by atoms with Gasteiger partial charge in [0.15, 0.2) is 0 Å². The third-order valence-corrected chi connectivity index (χ3v) is 5.74. The number of amides is 1. The van der Waals surface area contributed by atoms with E-state index in [0.29, 0.717) is 22.8 Å². The first-order valence-electron chi connectivity index (χ1n) is 10.9. The molecule has 32 heavy (non-hydrogen) atoms. The fourth-order valence-corrected chi connectivity index (χ4v) is 3.97. The fraction of sp³-hybridized carbons (Fsp3) is 0.222. The first-order valence-corrected chi connectivity index (χ1v) is 10.9. The molecule has 1 aliphatic heterocycles. The highest BCUT2D eigenvalue weighted by atomic mass is 19.1. The van der Waals surface area contributed by atoms with E-state index < -0.39 is 0 Å². The molecule has 0 bridgehead atoms. The summed E-state index contributed by atoms with van der Waals surface area (Å²) in [6.07, 6.45) is 3.84. The van der Waals surface area contributed by atoms with Crippen LogP contribution in [0.25, 0.3) is 0 Å². The standard InChI is InChI=1S/C27H26FN3O/c1-29-26(23-6-5-7-24(28)18-23)21-10-12-22(13-11-21)27(32)31-16-14-20(15-17-31)19-30-25-8-3-2-4-9-25/h2-13,18-20H,14-17H2,1H3. The van der Waals surface area contributed by atoms with Gasteiger partial charge in [0, 0.05) is 43.0 Å². The van der Waals surface area contributed by atoms with Crippen LogP contribution in [0.3, 0.4) is 0 Å². The van der Waals surface area contributed by atoms with Crippen LogP contribution >= 0.6 is 0 Å². The molecule has 1 fully saturated rings. The number of piperidine rings is 1. The Balaban J connectivity index is 1.37. The molecule has 5 heteroatoms. The molecular weight excluding hydrogens is 401 g/mol. The first-order chi connectivity index (χ1) is 15.6. The Morgan fingerprint density at radius 1 is 0.906 bits per heavy atom. The molecule has 4 rings (SSSR count). The Bertz CT molecular complexity index is 1120. The minimum atomic E-state index is -0.298. The average Bonchev–Trinajstić information content (AvgIpc) is 2.84. The van der Waals surface area contributed by atoms with Crippen LogP contribution in [0.4, 0.5) is 10.1 Å². The van der Waals surface area contributed by atoms with Crippen LogP contribution in [0.2, 0.25) is 0 Å². The summed E-state index contributed by atoms with van der Waals surface area (Å²) in [7, 11) is 1.69. The van der Waals surface area contributed by atoms with Gasteiger partial charge in [-0.1, -0.05) is 42.5 Å². The van der Waals surface area contributed by atoms with Gasteiger partial charge in [-0.25, -0.2) is 4.39 Å². The Hall–Kier alpha value is -3.60. The molecule has 0 radical (unpaired) electrons. The third kappa shape index (κ3) is 5.17. The molecule has 1 aliphatic rings. The maximum atomic E-state index is 13.6. The summed E-state index contributed by atoms with van der Waals surface area (Å²) < 4.78 is 13.6. The van der Waals surface area contributed by atoms with Gasteiger partial charge in [0.1, 0.15) is 5.82 Å². The van der Waals surface area contributed by atoms with Gasteiger partial charge in [-0.3, -0.25) is 14.8 Å². The smallest absolute Gasteiger partial charge is 0.253 e. The lowest BCUT2D eigenvalue weighted by molar-refractivity contribution is 0.0711. The highest BCUT2D eigenvalue weighted by molar-refractivity contribution is 6.13. The molecule has 1 heterocycles. The predicted octanol–water partition coefficient (Wildman–Crippen LogP) is 5.55. The van der Waals surface area contributed by atoms with Crippen molar-refractivity contribution in [2.75, 3.05) is 20.1 Å². The molecule has 0 aromatic heterocycles. The number of hydrogen-bond acceptors (Lipinski definition) is 3. The van der Waals surface area contributed by atoms with Gasteiger partial charge in [0.25, 0.3) is 5.91 Å². The number of hydrogen-bond donors (Lipinski definition) is 0. The zero-order valence-electron chi connectivity index (χ0n) is 18.1. The molecule has 0 spiro atoms. The molecule has 0 unspecified atom stereocenters. The lowest BCUT2D eigenvalue weighted by Crippen LogP contribution is -2.38. The molecule has 3 aromatic carbocycles. The molecule has 1 saturated heterocycles. The molecule has 0 atom stereocenters. The summed E-state index contributed by atoms with van der Waals surface area (Å²) in [6, 6.07) is 23.7. The molecular formula is C27H26FN3O. The van der Waals surface area contributed by atoms with E-state index in [0.717, 1.165) is 37.2 Å². The maximum Gasteiger partial charge on any atom is 0.253 e. The summed E-state index contributed by atoms with van der Waals surface area (Å²) in [5.41, 5.74) is 3.87. The largest absolute Gasteiger partial charge is 0.339 e. The quantitative estimate of drug-likeness (QED) is 0.493. The van der Waals surface area contributed by atoms with E-state index in [9.17, 15) is 9.18 Å². The Morgan fingerprint density at radius 2 is 1.59 bits per heavy atom. The van der Waals surface area contributed by atoms with Crippen molar-refractivity contribution in [3.8, 4) is 0 Å². The van der Waals surface area contributed by atoms with E-state index in [1.165, 1.54) is 12.1 Å². The van der Waals surface area contributed by atoms with Crippen LogP contribution in [0.15, 0.2) is 88.8 Å². The summed E-state index contributed by atoms with van der Waals surface area (Å²) in [4.78, 5) is 23.8. The van der Waals surface area contributed by atoms with Crippen LogP contribution in [-0.2, 0) is 0 Å². The molecule has 0 aliphatic carbocycles. The molecule has 162 valence electrons. The van der Waals surface area contributed by atoms with Gasteiger partial charge in [0.2, 0.25) is 0 Å². The number of nitrogens with zero attached hydrogens (tertiary/aromatic N) is 3. The lowest BCUT2D eigenvalue weighted by atomic mass is 9.97. The zero-order chi connectivity index (χ0) is 22.3. The summed E-state index contributed by atoms with van der Waals surface area (Å²) in [6.45, 7) is 1.44. The minimum Gasteiger partial charge on any atom is -0.339 e. The van der Waals surface area contributed by atoms with Crippen molar-refractivity contribution < 1.29 is 9.18 Å². The second kappa shape index (κ2) is 10.1. The van der Waals surface area contributed by atoms with Crippen molar-refractivity contribution in [1.82, 2.24) is 4.90 Å². The van der Waals surface area contributed by atoms with Gasteiger partial charge in [-0.15, -0.1) is 0 Å². The number of carbonyl (C=O) groups excluding carboxylic acids is 1. The Labute approximate surface area is 188 Å². The highest BCUT2D eigenvalue weighted by Gasteiger charge is 2.23. The number of benzene rings is 3. The Morgan fingerprint density at radius 3 is 2.25 bits per heavy atom. The lowest BCUT2D eigenvalue weighted by Gasteiger charge is -2.30. The van der Waals surface area contributed by atoms with Crippen LogP contribution in [-0.4, -0.2) is 42.9 Å². The van der Waals surface area contributed by atoms with Crippen LogP contribution in [0, 0.1) is 11.7 Å². The van der Waals surface area contributed by atoms with Gasteiger partial charge in [-0.2, -0.15) is 0 Å². The van der Waals surface area contributed by atoms with Crippen LogP contribution < -0.4 is 0 Å². The van der Waals surface area contributed by atoms with Crippen LogP contribution in [0.5, 0.6) is 0 Å². The SMILES string of the molecule is CN=C(c1ccc(C(=O)N2CCC(C=Nc3ccccc3)CC2)cc1)c1cccc(F)c1. The van der Waals surface area contributed by atoms with E-state index in [-0.39, 0.29) is 11.7 Å². The molecule has 1 amide bonds. The van der Waals surface area contributed by atoms with Gasteiger partial charge >= 0.3 is 0 Å². The monoisotopic (exact) mass is 427 g/mol. The Kier molecular flexibility index (Phi) is 6.85. The minimum absolute atomic E-state index is 0.0377. The summed E-state index contributed by atoms with van der Waals surface area (Å²) in [5.74, 6) is 0.125. The number of aliphatic imine (C=N–C) groups is 2. The van der Waals surface area contributed by atoms with Crippen LogP contribution in [0.1, 0.15) is 34.3 Å². The van der Waals surface area contributed by atoms with E-state index in [2.05, 4.69) is 9.98 Å². The van der Waals surface area contributed by atoms with Crippen molar-refractivity contribution in [3.63, 3.8) is 0 Å². The van der Waals surface area contributed by atoms with Crippen molar-refractivity contribution in [2.45, 2.75) is 12.8 Å². The number of halogens is 1. The summed E-state index contributed by atoms with van der Waals surface area (Å²) in [5, 5.41) is 0. The number of carbonyl (C=O) groups is 1. The van der Waals surface area contributed by atoms with Crippen molar-refractivity contribution in [1.29, 1.82) is 0 Å². The topological polar surface area (TPSA) is 45.0 Å². The van der Waals surface area contributed by atoms with Gasteiger partial charge < -0.3 is 4.90 Å². The third-order valence-electron chi connectivity index (χ3n) is 5.74. The normalized spacial score (nSPS) is 15.3. The second-order valence-corrected chi connectivity index (χ2v) is 7.90. The van der Waals surface area contributed by atoms with E-state index >= 15 is 0 Å². The molecule has 0 saturated carbocycles. The van der Waals surface area contributed by atoms with E-state index in [1.54, 1.807) is 13.1 Å². The van der Waals surface area contributed by atoms with Crippen molar-refractivity contribution in [3.05, 3.63) is 101 Å². The first kappa shape index (κ1) is 21.6. The summed E-state index contributed by atoms with van der Waals surface area (Å²) >= 11 is 0. The zero-order valence-corrected chi connectivity index (χ0v) is 18.1. The molecule has 3 aromatic rings. The number of likely N-dealkylation sites (tertiary alicyclic amines) is 1.